The second kappa shape index (κ2) is 4.80. The van der Waals surface area contributed by atoms with Gasteiger partial charge in [-0.25, -0.2) is 0 Å². The second-order valence-electron chi connectivity index (χ2n) is 5.70. The van der Waals surface area contributed by atoms with E-state index in [4.69, 9.17) is 4.74 Å². The van der Waals surface area contributed by atoms with E-state index >= 15 is 0 Å². The molecule has 1 aromatic heterocycles. The summed E-state index contributed by atoms with van der Waals surface area (Å²) in [4.78, 5) is 20.8. The maximum Gasteiger partial charge on any atom is 0.178 e. The zero-order chi connectivity index (χ0) is 15.0. The third kappa shape index (κ3) is 2.23. The molecule has 5 heteroatoms. The van der Waals surface area contributed by atoms with E-state index in [9.17, 15) is 10.1 Å². The molecular weight excluding hydrogens is 254 g/mol. The fraction of sp³-hybridized carbons (Fsp3) is 0.467. The summed E-state index contributed by atoms with van der Waals surface area (Å²) in [7, 11) is 1.56. The predicted molar refractivity (Wildman–Crippen MR) is 72.6 cm³/mol. The van der Waals surface area contributed by atoms with Gasteiger partial charge >= 0.3 is 0 Å². The molecule has 0 saturated heterocycles. The number of allylic oxidation sites excluding steroid dienone is 1. The van der Waals surface area contributed by atoms with Crippen molar-refractivity contribution < 1.29 is 9.53 Å². The highest BCUT2D eigenvalue weighted by atomic mass is 16.5. The van der Waals surface area contributed by atoms with Crippen LogP contribution in [0.15, 0.2) is 24.0 Å². The summed E-state index contributed by atoms with van der Waals surface area (Å²) < 4.78 is 5.65. The monoisotopic (exact) mass is 271 g/mol. The molecular formula is C15H17N3O2. The number of aromatic nitrogens is 2. The van der Waals surface area contributed by atoms with E-state index in [1.54, 1.807) is 25.6 Å². The molecule has 0 aliphatic heterocycles. The smallest absolute Gasteiger partial charge is 0.178 e. The lowest BCUT2D eigenvalue weighted by Gasteiger charge is -2.39. The Morgan fingerprint density at radius 1 is 1.40 bits per heavy atom. The van der Waals surface area contributed by atoms with Crippen LogP contribution in [0.25, 0.3) is 0 Å². The molecule has 1 aliphatic carbocycles. The van der Waals surface area contributed by atoms with Crippen LogP contribution in [-0.2, 0) is 15.1 Å². The summed E-state index contributed by atoms with van der Waals surface area (Å²) >= 11 is 0. The van der Waals surface area contributed by atoms with Gasteiger partial charge in [-0.1, -0.05) is 13.8 Å². The molecule has 1 aromatic rings. The van der Waals surface area contributed by atoms with Gasteiger partial charge in [0.25, 0.3) is 0 Å². The Bertz CT molecular complexity index is 628. The lowest BCUT2D eigenvalue weighted by Crippen LogP contribution is -2.42. The van der Waals surface area contributed by atoms with Crippen LogP contribution in [-0.4, -0.2) is 22.9 Å². The van der Waals surface area contributed by atoms with Gasteiger partial charge in [-0.2, -0.15) is 5.26 Å². The second-order valence-corrected chi connectivity index (χ2v) is 5.70. The van der Waals surface area contributed by atoms with Gasteiger partial charge in [-0.05, 0) is 19.4 Å². The Hall–Kier alpha value is -2.06. The SMILES string of the molecule is COC1(c2cncc(C)n2)C=C(C#N)C(=O)C(C)(C)C1. The molecule has 1 atom stereocenters. The number of methoxy groups -OCH3 is 1. The minimum Gasteiger partial charge on any atom is -0.368 e. The first kappa shape index (κ1) is 14.4. The first-order valence-electron chi connectivity index (χ1n) is 6.37. The average Bonchev–Trinajstić information content (AvgIpc) is 2.41. The van der Waals surface area contributed by atoms with Gasteiger partial charge in [0.1, 0.15) is 11.7 Å². The molecule has 1 unspecified atom stereocenters. The third-order valence-electron chi connectivity index (χ3n) is 3.61. The molecule has 0 spiro atoms. The Labute approximate surface area is 118 Å². The van der Waals surface area contributed by atoms with Crippen LogP contribution in [0, 0.1) is 23.7 Å². The number of ether oxygens (including phenoxy) is 1. The number of nitrogens with zero attached hydrogens (tertiary/aromatic N) is 3. The van der Waals surface area contributed by atoms with Gasteiger partial charge in [0.15, 0.2) is 5.78 Å². The van der Waals surface area contributed by atoms with Crippen LogP contribution in [0.3, 0.4) is 0 Å². The first-order valence-corrected chi connectivity index (χ1v) is 6.37. The van der Waals surface area contributed by atoms with Crippen LogP contribution in [0.5, 0.6) is 0 Å². The molecule has 1 heterocycles. The minimum absolute atomic E-state index is 0.117. The number of rotatable bonds is 2. The lowest BCUT2D eigenvalue weighted by atomic mass is 9.69. The molecule has 1 aliphatic rings. The molecule has 0 amide bonds. The number of ketones is 1. The molecule has 20 heavy (non-hydrogen) atoms. The molecule has 0 bridgehead atoms. The van der Waals surface area contributed by atoms with Gasteiger partial charge in [0, 0.05) is 18.7 Å². The largest absolute Gasteiger partial charge is 0.368 e. The molecule has 0 saturated carbocycles. The molecule has 0 radical (unpaired) electrons. The number of Topliss-reactive ketones (excluding diaryl/α,β-unsaturated/α-hetero) is 1. The summed E-state index contributed by atoms with van der Waals surface area (Å²) in [6.07, 6.45) is 5.28. The summed E-state index contributed by atoms with van der Waals surface area (Å²) in [6.45, 7) is 5.47. The number of carbonyl (C=O) groups is 1. The maximum absolute atomic E-state index is 12.2. The molecule has 2 rings (SSSR count). The molecule has 5 nitrogen and oxygen atoms in total. The normalized spacial score (nSPS) is 24.9. The van der Waals surface area contributed by atoms with Crippen molar-refractivity contribution in [3.63, 3.8) is 0 Å². The van der Waals surface area contributed by atoms with Crippen LogP contribution in [0.4, 0.5) is 0 Å². The fourth-order valence-electron chi connectivity index (χ4n) is 2.60. The van der Waals surface area contributed by atoms with Crippen molar-refractivity contribution >= 4 is 5.78 Å². The average molecular weight is 271 g/mol. The third-order valence-corrected chi connectivity index (χ3v) is 3.61. The van der Waals surface area contributed by atoms with Gasteiger partial charge < -0.3 is 4.74 Å². The summed E-state index contributed by atoms with van der Waals surface area (Å²) in [5.41, 5.74) is -0.0665. The van der Waals surface area contributed by atoms with Crippen molar-refractivity contribution in [3.05, 3.63) is 35.4 Å². The number of carbonyl (C=O) groups excluding carboxylic acids is 1. The van der Waals surface area contributed by atoms with E-state index in [2.05, 4.69) is 9.97 Å². The van der Waals surface area contributed by atoms with E-state index in [1.807, 2.05) is 26.8 Å². The van der Waals surface area contributed by atoms with E-state index < -0.39 is 11.0 Å². The predicted octanol–water partition coefficient (Wildman–Crippen LogP) is 2.08. The number of hydrogen-bond donors (Lipinski definition) is 0. The highest BCUT2D eigenvalue weighted by Crippen LogP contribution is 2.44. The van der Waals surface area contributed by atoms with Crippen LogP contribution < -0.4 is 0 Å². The standard InChI is InChI=1S/C15H17N3O2/c1-10-7-17-8-12(18-10)15(20-4)5-11(6-16)13(19)14(2,3)9-15/h5,7-8H,9H2,1-4H3. The highest BCUT2D eigenvalue weighted by Gasteiger charge is 2.47. The van der Waals surface area contributed by atoms with Crippen LogP contribution >= 0.6 is 0 Å². The Morgan fingerprint density at radius 3 is 2.65 bits per heavy atom. The summed E-state index contributed by atoms with van der Waals surface area (Å²) in [5, 5.41) is 9.19. The fourth-order valence-corrected chi connectivity index (χ4v) is 2.60. The quantitative estimate of drug-likeness (QED) is 0.823. The van der Waals surface area contributed by atoms with Gasteiger partial charge in [-0.3, -0.25) is 14.8 Å². The zero-order valence-corrected chi connectivity index (χ0v) is 12.1. The Balaban J connectivity index is 2.64. The first-order chi connectivity index (χ1) is 9.34. The van der Waals surface area contributed by atoms with E-state index in [0.29, 0.717) is 12.1 Å². The van der Waals surface area contributed by atoms with Gasteiger partial charge in [0.2, 0.25) is 0 Å². The number of aryl methyl sites for hydroxylation is 1. The van der Waals surface area contributed by atoms with Crippen molar-refractivity contribution in [3.8, 4) is 6.07 Å². The Morgan fingerprint density at radius 2 is 2.10 bits per heavy atom. The Kier molecular flexibility index (Phi) is 3.45. The van der Waals surface area contributed by atoms with E-state index in [-0.39, 0.29) is 11.4 Å². The summed E-state index contributed by atoms with van der Waals surface area (Å²) in [5.74, 6) is -0.159. The molecule has 0 aromatic carbocycles. The molecule has 0 N–H and O–H groups in total. The van der Waals surface area contributed by atoms with Crippen molar-refractivity contribution in [2.75, 3.05) is 7.11 Å². The number of hydrogen-bond acceptors (Lipinski definition) is 5. The van der Waals surface area contributed by atoms with E-state index in [0.717, 1.165) is 5.69 Å². The van der Waals surface area contributed by atoms with E-state index in [1.165, 1.54) is 0 Å². The highest BCUT2D eigenvalue weighted by molar-refractivity contribution is 6.03. The van der Waals surface area contributed by atoms with Crippen LogP contribution in [0.1, 0.15) is 31.7 Å². The van der Waals surface area contributed by atoms with Crippen LogP contribution in [0.2, 0.25) is 0 Å². The maximum atomic E-state index is 12.2. The zero-order valence-electron chi connectivity index (χ0n) is 12.1. The van der Waals surface area contributed by atoms with Crippen molar-refractivity contribution in [1.29, 1.82) is 5.26 Å². The lowest BCUT2D eigenvalue weighted by molar-refractivity contribution is -0.128. The molecule has 104 valence electrons. The molecule has 0 fully saturated rings. The van der Waals surface area contributed by atoms with Crippen molar-refractivity contribution in [2.24, 2.45) is 5.41 Å². The van der Waals surface area contributed by atoms with Gasteiger partial charge in [0.05, 0.1) is 23.2 Å². The topological polar surface area (TPSA) is 75.9 Å². The minimum atomic E-state index is -0.887. The summed E-state index contributed by atoms with van der Waals surface area (Å²) in [6, 6.07) is 1.97. The van der Waals surface area contributed by atoms with Crippen molar-refractivity contribution in [1.82, 2.24) is 9.97 Å². The van der Waals surface area contributed by atoms with Gasteiger partial charge in [-0.15, -0.1) is 0 Å². The number of nitriles is 1. The van der Waals surface area contributed by atoms with Crippen molar-refractivity contribution in [2.45, 2.75) is 32.8 Å².